The summed E-state index contributed by atoms with van der Waals surface area (Å²) in [6.07, 6.45) is 5.87. The van der Waals surface area contributed by atoms with Gasteiger partial charge in [0.15, 0.2) is 0 Å². The van der Waals surface area contributed by atoms with Crippen LogP contribution in [0.3, 0.4) is 0 Å². The Labute approximate surface area is 135 Å². The van der Waals surface area contributed by atoms with Crippen LogP contribution in [0.2, 0.25) is 0 Å². The molecule has 2 aromatic heterocycles. The second-order valence-electron chi connectivity index (χ2n) is 6.54. The van der Waals surface area contributed by atoms with Crippen LogP contribution < -0.4 is 4.90 Å². The van der Waals surface area contributed by atoms with Gasteiger partial charge in [-0.3, -0.25) is 9.88 Å². The molecule has 120 valence electrons. The predicted molar refractivity (Wildman–Crippen MR) is 85.7 cm³/mol. The van der Waals surface area contributed by atoms with E-state index >= 15 is 0 Å². The Morgan fingerprint density at radius 2 is 1.96 bits per heavy atom. The van der Waals surface area contributed by atoms with Gasteiger partial charge in [-0.15, -0.1) is 0 Å². The summed E-state index contributed by atoms with van der Waals surface area (Å²) in [5, 5.41) is 0. The SMILES string of the molecule is Cc1ncnc(N2CC3CC(C2)N3Cc2cncc(F)c2)c1C. The van der Waals surface area contributed by atoms with Crippen molar-refractivity contribution in [3.05, 3.63) is 47.4 Å². The van der Waals surface area contributed by atoms with E-state index in [1.807, 2.05) is 6.92 Å². The number of halogens is 1. The van der Waals surface area contributed by atoms with Gasteiger partial charge in [0.05, 0.1) is 6.20 Å². The van der Waals surface area contributed by atoms with E-state index in [2.05, 4.69) is 31.7 Å². The predicted octanol–water partition coefficient (Wildman–Crippen LogP) is 2.09. The van der Waals surface area contributed by atoms with E-state index in [0.717, 1.165) is 42.3 Å². The molecule has 0 aromatic carbocycles. The van der Waals surface area contributed by atoms with Crippen molar-refractivity contribution in [2.24, 2.45) is 0 Å². The van der Waals surface area contributed by atoms with E-state index in [1.165, 1.54) is 12.6 Å². The molecule has 23 heavy (non-hydrogen) atoms. The lowest BCUT2D eigenvalue weighted by molar-refractivity contribution is -0.00887. The van der Waals surface area contributed by atoms with Crippen LogP contribution in [0.4, 0.5) is 10.2 Å². The Balaban J connectivity index is 1.47. The smallest absolute Gasteiger partial charge is 0.141 e. The summed E-state index contributed by atoms with van der Waals surface area (Å²) in [5.74, 6) is 0.793. The number of nitrogens with zero attached hydrogens (tertiary/aromatic N) is 5. The highest BCUT2D eigenvalue weighted by Gasteiger charge is 2.44. The van der Waals surface area contributed by atoms with Crippen LogP contribution >= 0.6 is 0 Å². The van der Waals surface area contributed by atoms with Gasteiger partial charge in [0.25, 0.3) is 0 Å². The lowest BCUT2D eigenvalue weighted by Gasteiger charge is -2.56. The minimum atomic E-state index is -0.262. The molecular formula is C17H20FN5. The van der Waals surface area contributed by atoms with Crippen LogP contribution in [0.1, 0.15) is 23.2 Å². The molecule has 3 aliphatic heterocycles. The molecule has 5 rings (SSSR count). The summed E-state index contributed by atoms with van der Waals surface area (Å²) in [6.45, 7) is 6.82. The van der Waals surface area contributed by atoms with Crippen LogP contribution in [-0.2, 0) is 6.54 Å². The van der Waals surface area contributed by atoms with Gasteiger partial charge in [0.1, 0.15) is 18.0 Å². The zero-order valence-corrected chi connectivity index (χ0v) is 13.4. The highest BCUT2D eigenvalue weighted by atomic mass is 19.1. The molecule has 5 nitrogen and oxygen atoms in total. The summed E-state index contributed by atoms with van der Waals surface area (Å²) >= 11 is 0. The normalized spacial score (nSPS) is 23.7. The van der Waals surface area contributed by atoms with E-state index < -0.39 is 0 Å². The molecule has 0 amide bonds. The lowest BCUT2D eigenvalue weighted by Crippen LogP contribution is -2.68. The number of pyridine rings is 1. The Kier molecular flexibility index (Phi) is 3.49. The molecule has 6 heteroatoms. The first kappa shape index (κ1) is 14.5. The number of aryl methyl sites for hydroxylation is 1. The van der Waals surface area contributed by atoms with Gasteiger partial charge in [-0.05, 0) is 31.9 Å². The molecule has 0 spiro atoms. The second kappa shape index (κ2) is 5.53. The van der Waals surface area contributed by atoms with Crippen LogP contribution in [0, 0.1) is 19.7 Å². The quantitative estimate of drug-likeness (QED) is 0.868. The second-order valence-corrected chi connectivity index (χ2v) is 6.54. The van der Waals surface area contributed by atoms with Gasteiger partial charge >= 0.3 is 0 Å². The fraction of sp³-hybridized carbons (Fsp3) is 0.471. The number of fused-ring (bicyclic) bond motifs is 2. The molecule has 0 saturated carbocycles. The third-order valence-corrected chi connectivity index (χ3v) is 5.08. The molecule has 3 aliphatic rings. The summed E-state index contributed by atoms with van der Waals surface area (Å²) in [7, 11) is 0. The first-order valence-corrected chi connectivity index (χ1v) is 8.00. The van der Waals surface area contributed by atoms with Crippen LogP contribution in [0.15, 0.2) is 24.8 Å². The number of hydrogen-bond acceptors (Lipinski definition) is 5. The highest BCUT2D eigenvalue weighted by Crippen LogP contribution is 2.36. The van der Waals surface area contributed by atoms with Crippen molar-refractivity contribution >= 4 is 5.82 Å². The van der Waals surface area contributed by atoms with Gasteiger partial charge in [-0.25, -0.2) is 14.4 Å². The van der Waals surface area contributed by atoms with Crippen molar-refractivity contribution in [1.82, 2.24) is 19.9 Å². The number of aromatic nitrogens is 3. The van der Waals surface area contributed by atoms with Crippen molar-refractivity contribution < 1.29 is 4.39 Å². The Bertz CT molecular complexity index is 723. The average molecular weight is 313 g/mol. The van der Waals surface area contributed by atoms with Crippen LogP contribution in [0.25, 0.3) is 0 Å². The van der Waals surface area contributed by atoms with Crippen molar-refractivity contribution in [3.8, 4) is 0 Å². The van der Waals surface area contributed by atoms with Crippen LogP contribution in [-0.4, -0.2) is 45.0 Å². The maximum absolute atomic E-state index is 13.3. The van der Waals surface area contributed by atoms with Crippen LogP contribution in [0.5, 0.6) is 0 Å². The van der Waals surface area contributed by atoms with E-state index in [1.54, 1.807) is 18.6 Å². The summed E-state index contributed by atoms with van der Waals surface area (Å²) < 4.78 is 13.3. The number of rotatable bonds is 3. The van der Waals surface area contributed by atoms with Gasteiger partial charge in [-0.2, -0.15) is 0 Å². The first-order valence-electron chi connectivity index (χ1n) is 8.00. The molecule has 2 unspecified atom stereocenters. The van der Waals surface area contributed by atoms with E-state index in [4.69, 9.17) is 0 Å². The standard InChI is InChI=1S/C17H20FN5/c1-11-12(2)20-10-21-17(11)22-8-15-4-16(9-22)23(15)7-13-3-14(18)6-19-5-13/h3,5-6,10,15-16H,4,7-9H2,1-2H3. The zero-order chi connectivity index (χ0) is 16.0. The van der Waals surface area contributed by atoms with Crippen molar-refractivity contribution in [2.45, 2.75) is 38.9 Å². The third kappa shape index (κ3) is 2.57. The van der Waals surface area contributed by atoms with Crippen molar-refractivity contribution in [3.63, 3.8) is 0 Å². The number of hydrogen-bond donors (Lipinski definition) is 0. The Morgan fingerprint density at radius 1 is 1.17 bits per heavy atom. The molecule has 2 aromatic rings. The minimum absolute atomic E-state index is 0.262. The Morgan fingerprint density at radius 3 is 2.70 bits per heavy atom. The van der Waals surface area contributed by atoms with E-state index in [0.29, 0.717) is 12.1 Å². The summed E-state index contributed by atoms with van der Waals surface area (Å²) in [6, 6.07) is 2.59. The van der Waals surface area contributed by atoms with E-state index in [-0.39, 0.29) is 5.82 Å². The van der Waals surface area contributed by atoms with Gasteiger partial charge in [0, 0.05) is 49.2 Å². The molecule has 0 N–H and O–H groups in total. The molecule has 0 aliphatic carbocycles. The maximum atomic E-state index is 13.3. The number of anilines is 1. The largest absolute Gasteiger partial charge is 0.353 e. The van der Waals surface area contributed by atoms with Crippen molar-refractivity contribution in [2.75, 3.05) is 18.0 Å². The highest BCUT2D eigenvalue weighted by molar-refractivity contribution is 5.49. The topological polar surface area (TPSA) is 45.2 Å². The number of piperidine rings is 1. The van der Waals surface area contributed by atoms with Gasteiger partial charge in [-0.1, -0.05) is 0 Å². The maximum Gasteiger partial charge on any atom is 0.141 e. The van der Waals surface area contributed by atoms with Gasteiger partial charge in [0.2, 0.25) is 0 Å². The lowest BCUT2D eigenvalue weighted by atomic mass is 9.86. The Hall–Kier alpha value is -2.08. The minimum Gasteiger partial charge on any atom is -0.353 e. The average Bonchev–Trinajstić information content (AvgIpc) is 2.55. The molecule has 5 heterocycles. The van der Waals surface area contributed by atoms with E-state index in [9.17, 15) is 4.39 Å². The molecule has 0 radical (unpaired) electrons. The fourth-order valence-electron chi connectivity index (χ4n) is 3.72. The zero-order valence-electron chi connectivity index (χ0n) is 13.4. The molecule has 3 fully saturated rings. The summed E-state index contributed by atoms with van der Waals surface area (Å²) in [4.78, 5) is 17.5. The van der Waals surface area contributed by atoms with Crippen molar-refractivity contribution in [1.29, 1.82) is 0 Å². The monoisotopic (exact) mass is 313 g/mol. The molecule has 3 saturated heterocycles. The molecule has 2 atom stereocenters. The third-order valence-electron chi connectivity index (χ3n) is 5.08. The first-order chi connectivity index (χ1) is 11.1. The fourth-order valence-corrected chi connectivity index (χ4v) is 3.72. The molecular weight excluding hydrogens is 293 g/mol. The number of piperazine rings is 1. The summed E-state index contributed by atoms with van der Waals surface area (Å²) in [5.41, 5.74) is 3.15. The van der Waals surface area contributed by atoms with Gasteiger partial charge < -0.3 is 4.90 Å². The molecule has 2 bridgehead atoms.